The molecule has 0 saturated heterocycles. The molecule has 2 aromatic carbocycles. The first-order valence-electron chi connectivity index (χ1n) is 8.74. The van der Waals surface area contributed by atoms with Crippen LogP contribution in [0.25, 0.3) is 0 Å². The number of para-hydroxylation sites is 1. The number of aryl methyl sites for hydroxylation is 2. The number of hydrogen-bond acceptors (Lipinski definition) is 3. The maximum absolute atomic E-state index is 12.2. The smallest absolute Gasteiger partial charge is 0.222 e. The minimum atomic E-state index is -0.342. The molecule has 0 aliphatic heterocycles. The number of carbonyl (C=O) groups is 2. The molecule has 1 atom stereocenters. The normalized spacial score (nSPS) is 11.5. The van der Waals surface area contributed by atoms with Gasteiger partial charge in [-0.1, -0.05) is 48.0 Å². The SMILES string of the molecule is CC(=O)NC(CC(=O)NCCOc1ccccc1C)c1ccc(C)cc1. The lowest BCUT2D eigenvalue weighted by Gasteiger charge is -2.18. The zero-order chi connectivity index (χ0) is 18.9. The third-order valence-corrected chi connectivity index (χ3v) is 4.02. The van der Waals surface area contributed by atoms with Crippen LogP contribution in [0, 0.1) is 13.8 Å². The molecule has 5 heteroatoms. The predicted molar refractivity (Wildman–Crippen MR) is 102 cm³/mol. The molecule has 0 heterocycles. The van der Waals surface area contributed by atoms with Crippen LogP contribution in [-0.2, 0) is 9.59 Å². The third-order valence-electron chi connectivity index (χ3n) is 4.02. The van der Waals surface area contributed by atoms with Gasteiger partial charge in [-0.2, -0.15) is 0 Å². The van der Waals surface area contributed by atoms with Crippen molar-refractivity contribution >= 4 is 11.8 Å². The molecule has 2 rings (SSSR count). The second-order valence-corrected chi connectivity index (χ2v) is 6.33. The van der Waals surface area contributed by atoms with E-state index < -0.39 is 0 Å². The minimum Gasteiger partial charge on any atom is -0.491 e. The summed E-state index contributed by atoms with van der Waals surface area (Å²) in [7, 11) is 0. The van der Waals surface area contributed by atoms with Crippen LogP contribution >= 0.6 is 0 Å². The summed E-state index contributed by atoms with van der Waals surface area (Å²) in [6.07, 6.45) is 0.188. The molecule has 138 valence electrons. The van der Waals surface area contributed by atoms with Gasteiger partial charge >= 0.3 is 0 Å². The first-order chi connectivity index (χ1) is 12.5. The van der Waals surface area contributed by atoms with E-state index in [1.807, 2.05) is 62.4 Å². The highest BCUT2D eigenvalue weighted by Gasteiger charge is 2.16. The van der Waals surface area contributed by atoms with Gasteiger partial charge in [-0.15, -0.1) is 0 Å². The Morgan fingerprint density at radius 2 is 1.73 bits per heavy atom. The van der Waals surface area contributed by atoms with Crippen LogP contribution in [0.1, 0.15) is 36.1 Å². The highest BCUT2D eigenvalue weighted by Crippen LogP contribution is 2.18. The molecule has 2 aromatic rings. The highest BCUT2D eigenvalue weighted by molar-refractivity contribution is 5.79. The predicted octanol–water partition coefficient (Wildman–Crippen LogP) is 3.07. The third kappa shape index (κ3) is 6.24. The molecule has 0 aromatic heterocycles. The van der Waals surface area contributed by atoms with Gasteiger partial charge in [0.1, 0.15) is 12.4 Å². The van der Waals surface area contributed by atoms with Crippen LogP contribution in [-0.4, -0.2) is 25.0 Å². The number of hydrogen-bond donors (Lipinski definition) is 2. The summed E-state index contributed by atoms with van der Waals surface area (Å²) in [6.45, 7) is 6.24. The second-order valence-electron chi connectivity index (χ2n) is 6.33. The average Bonchev–Trinajstić information content (AvgIpc) is 2.60. The molecular weight excluding hydrogens is 328 g/mol. The Balaban J connectivity index is 1.84. The molecule has 0 bridgehead atoms. The van der Waals surface area contributed by atoms with E-state index >= 15 is 0 Å². The Labute approximate surface area is 154 Å². The van der Waals surface area contributed by atoms with Crippen LogP contribution in [0.5, 0.6) is 5.75 Å². The lowest BCUT2D eigenvalue weighted by atomic mass is 10.0. The zero-order valence-electron chi connectivity index (χ0n) is 15.5. The van der Waals surface area contributed by atoms with E-state index in [4.69, 9.17) is 4.74 Å². The molecular formula is C21H26N2O3. The molecule has 0 aliphatic carbocycles. The van der Waals surface area contributed by atoms with Crippen LogP contribution in [0.4, 0.5) is 0 Å². The lowest BCUT2D eigenvalue weighted by molar-refractivity contribution is -0.122. The van der Waals surface area contributed by atoms with E-state index in [0.717, 1.165) is 22.4 Å². The quantitative estimate of drug-likeness (QED) is 0.716. The Kier molecular flexibility index (Phi) is 7.21. The molecule has 26 heavy (non-hydrogen) atoms. The van der Waals surface area contributed by atoms with Gasteiger partial charge in [-0.3, -0.25) is 9.59 Å². The van der Waals surface area contributed by atoms with E-state index in [1.54, 1.807) is 0 Å². The topological polar surface area (TPSA) is 67.4 Å². The zero-order valence-corrected chi connectivity index (χ0v) is 15.5. The van der Waals surface area contributed by atoms with Crippen molar-refractivity contribution in [3.8, 4) is 5.75 Å². The number of benzene rings is 2. The van der Waals surface area contributed by atoms with Crippen molar-refractivity contribution in [3.05, 3.63) is 65.2 Å². The monoisotopic (exact) mass is 354 g/mol. The van der Waals surface area contributed by atoms with E-state index in [-0.39, 0.29) is 24.3 Å². The average molecular weight is 354 g/mol. The molecule has 0 spiro atoms. The highest BCUT2D eigenvalue weighted by atomic mass is 16.5. The van der Waals surface area contributed by atoms with Gasteiger partial charge in [0.25, 0.3) is 0 Å². The first-order valence-corrected chi connectivity index (χ1v) is 8.74. The number of carbonyl (C=O) groups excluding carboxylic acids is 2. The van der Waals surface area contributed by atoms with Crippen molar-refractivity contribution in [2.45, 2.75) is 33.2 Å². The maximum Gasteiger partial charge on any atom is 0.222 e. The molecule has 0 fully saturated rings. The number of ether oxygens (including phenoxy) is 1. The van der Waals surface area contributed by atoms with Gasteiger partial charge in [-0.25, -0.2) is 0 Å². The summed E-state index contributed by atoms with van der Waals surface area (Å²) >= 11 is 0. The number of amides is 2. The van der Waals surface area contributed by atoms with Crippen LogP contribution in [0.2, 0.25) is 0 Å². The van der Waals surface area contributed by atoms with E-state index in [9.17, 15) is 9.59 Å². The lowest BCUT2D eigenvalue weighted by Crippen LogP contribution is -2.34. The summed E-state index contributed by atoms with van der Waals surface area (Å²) in [5.74, 6) is 0.529. The van der Waals surface area contributed by atoms with Crippen molar-refractivity contribution in [2.75, 3.05) is 13.2 Å². The molecule has 0 radical (unpaired) electrons. The van der Waals surface area contributed by atoms with E-state index in [0.29, 0.717) is 13.2 Å². The molecule has 0 saturated carbocycles. The van der Waals surface area contributed by atoms with Gasteiger partial charge in [0.15, 0.2) is 0 Å². The summed E-state index contributed by atoms with van der Waals surface area (Å²) in [5.41, 5.74) is 3.11. The fourth-order valence-electron chi connectivity index (χ4n) is 2.62. The van der Waals surface area contributed by atoms with Crippen LogP contribution in [0.15, 0.2) is 48.5 Å². The summed E-state index contributed by atoms with van der Waals surface area (Å²) < 4.78 is 5.67. The van der Waals surface area contributed by atoms with E-state index in [1.165, 1.54) is 6.92 Å². The van der Waals surface area contributed by atoms with Crippen LogP contribution < -0.4 is 15.4 Å². The fourth-order valence-corrected chi connectivity index (χ4v) is 2.62. The van der Waals surface area contributed by atoms with Crippen LogP contribution in [0.3, 0.4) is 0 Å². The molecule has 1 unspecified atom stereocenters. The molecule has 0 aliphatic rings. The Morgan fingerprint density at radius 3 is 2.38 bits per heavy atom. The van der Waals surface area contributed by atoms with Crippen molar-refractivity contribution in [1.29, 1.82) is 0 Å². The Hall–Kier alpha value is -2.82. The Bertz CT molecular complexity index is 741. The summed E-state index contributed by atoms with van der Waals surface area (Å²) in [5, 5.41) is 5.68. The molecule has 2 amide bonds. The van der Waals surface area contributed by atoms with Crippen molar-refractivity contribution in [2.24, 2.45) is 0 Å². The number of nitrogens with one attached hydrogen (secondary N) is 2. The van der Waals surface area contributed by atoms with Gasteiger partial charge in [-0.05, 0) is 31.0 Å². The van der Waals surface area contributed by atoms with Crippen molar-refractivity contribution in [3.63, 3.8) is 0 Å². The first kappa shape index (κ1) is 19.5. The summed E-state index contributed by atoms with van der Waals surface area (Å²) in [4.78, 5) is 23.7. The number of rotatable bonds is 8. The fraction of sp³-hybridized carbons (Fsp3) is 0.333. The standard InChI is InChI=1S/C21H26N2O3/c1-15-8-10-18(11-9-15)19(23-17(3)24)14-21(25)22-12-13-26-20-7-5-4-6-16(20)2/h4-11,19H,12-14H2,1-3H3,(H,22,25)(H,23,24). The Morgan fingerprint density at radius 1 is 1.04 bits per heavy atom. The summed E-state index contributed by atoms with van der Waals surface area (Å²) in [6, 6.07) is 15.2. The van der Waals surface area contributed by atoms with Gasteiger partial charge in [0.2, 0.25) is 11.8 Å². The van der Waals surface area contributed by atoms with Gasteiger partial charge in [0, 0.05) is 6.92 Å². The van der Waals surface area contributed by atoms with E-state index in [2.05, 4.69) is 10.6 Å². The second kappa shape index (κ2) is 9.61. The van der Waals surface area contributed by atoms with Crippen molar-refractivity contribution in [1.82, 2.24) is 10.6 Å². The van der Waals surface area contributed by atoms with Gasteiger partial charge in [0.05, 0.1) is 19.0 Å². The maximum atomic E-state index is 12.2. The molecule has 2 N–H and O–H groups in total. The van der Waals surface area contributed by atoms with Crippen molar-refractivity contribution < 1.29 is 14.3 Å². The largest absolute Gasteiger partial charge is 0.491 e. The van der Waals surface area contributed by atoms with Gasteiger partial charge < -0.3 is 15.4 Å². The molecule has 5 nitrogen and oxygen atoms in total. The minimum absolute atomic E-state index is 0.127.